The molecule has 0 bridgehead atoms. The van der Waals surface area contributed by atoms with Crippen LogP contribution in [0.4, 0.5) is 4.39 Å². The molecular weight excluding hydrogens is 349 g/mol. The smallest absolute Gasteiger partial charge is 0.261 e. The summed E-state index contributed by atoms with van der Waals surface area (Å²) < 4.78 is 24.0. The predicted octanol–water partition coefficient (Wildman–Crippen LogP) is 3.41. The van der Waals surface area contributed by atoms with Gasteiger partial charge in [-0.05, 0) is 43.7 Å². The number of halogens is 1. The first-order valence-corrected chi connectivity index (χ1v) is 8.59. The molecule has 0 N–H and O–H groups in total. The van der Waals surface area contributed by atoms with Gasteiger partial charge in [-0.2, -0.15) is 0 Å². The zero-order valence-electron chi connectivity index (χ0n) is 15.0. The van der Waals surface area contributed by atoms with Gasteiger partial charge in [-0.25, -0.2) is 9.37 Å². The molecule has 27 heavy (non-hydrogen) atoms. The fraction of sp³-hybridized carbons (Fsp3) is 0.250. The van der Waals surface area contributed by atoms with Gasteiger partial charge in [-0.15, -0.1) is 0 Å². The fourth-order valence-electron chi connectivity index (χ4n) is 3.18. The molecular formula is C20H18FN3O3. The van der Waals surface area contributed by atoms with Crippen molar-refractivity contribution in [1.82, 2.24) is 15.0 Å². The molecule has 0 unspecified atom stereocenters. The summed E-state index contributed by atoms with van der Waals surface area (Å²) in [6.45, 7) is 4.31. The maximum atomic E-state index is 13.1. The monoisotopic (exact) mass is 367 g/mol. The number of rotatable bonds is 3. The van der Waals surface area contributed by atoms with E-state index in [2.05, 4.69) is 5.16 Å². The zero-order valence-corrected chi connectivity index (χ0v) is 15.0. The first kappa shape index (κ1) is 17.2. The lowest BCUT2D eigenvalue weighted by Gasteiger charge is -2.19. The standard InChI is InChI=1S/C20H18FN3O3/c1-12-20(13(2)27-23-12)16-7-8-18-17(22-16)10-24(19(25)11-26-18)9-14-3-5-15(21)6-4-14/h3-8H,9-11H2,1-2H3. The van der Waals surface area contributed by atoms with Gasteiger partial charge >= 0.3 is 0 Å². The van der Waals surface area contributed by atoms with E-state index >= 15 is 0 Å². The molecule has 3 heterocycles. The van der Waals surface area contributed by atoms with Crippen molar-refractivity contribution in [3.05, 3.63) is 64.9 Å². The maximum Gasteiger partial charge on any atom is 0.261 e. The van der Waals surface area contributed by atoms with Crippen molar-refractivity contribution in [1.29, 1.82) is 0 Å². The second-order valence-corrected chi connectivity index (χ2v) is 6.51. The van der Waals surface area contributed by atoms with Gasteiger partial charge in [0.2, 0.25) is 0 Å². The molecule has 0 saturated heterocycles. The summed E-state index contributed by atoms with van der Waals surface area (Å²) in [7, 11) is 0. The number of carbonyl (C=O) groups excluding carboxylic acids is 1. The highest BCUT2D eigenvalue weighted by Gasteiger charge is 2.24. The molecule has 0 radical (unpaired) electrons. The lowest BCUT2D eigenvalue weighted by Crippen LogP contribution is -2.32. The zero-order chi connectivity index (χ0) is 19.0. The van der Waals surface area contributed by atoms with Crippen molar-refractivity contribution < 1.29 is 18.4 Å². The van der Waals surface area contributed by atoms with E-state index in [4.69, 9.17) is 14.2 Å². The van der Waals surface area contributed by atoms with E-state index in [1.54, 1.807) is 17.0 Å². The maximum absolute atomic E-state index is 13.1. The summed E-state index contributed by atoms with van der Waals surface area (Å²) in [5.74, 6) is 0.825. The van der Waals surface area contributed by atoms with E-state index < -0.39 is 0 Å². The van der Waals surface area contributed by atoms with Crippen LogP contribution in [0, 0.1) is 19.7 Å². The lowest BCUT2D eigenvalue weighted by atomic mass is 10.1. The third-order valence-corrected chi connectivity index (χ3v) is 4.55. The van der Waals surface area contributed by atoms with Gasteiger partial charge in [0.25, 0.3) is 5.91 Å². The van der Waals surface area contributed by atoms with Gasteiger partial charge in [0.15, 0.2) is 6.61 Å². The summed E-state index contributed by atoms with van der Waals surface area (Å²) in [5, 5.41) is 3.97. The van der Waals surface area contributed by atoms with Crippen molar-refractivity contribution in [3.8, 4) is 17.0 Å². The number of amides is 1. The van der Waals surface area contributed by atoms with Crippen LogP contribution in [-0.4, -0.2) is 27.6 Å². The number of fused-ring (bicyclic) bond motifs is 1. The first-order valence-electron chi connectivity index (χ1n) is 8.59. The van der Waals surface area contributed by atoms with E-state index in [0.29, 0.717) is 30.3 Å². The van der Waals surface area contributed by atoms with Crippen molar-refractivity contribution in [2.75, 3.05) is 6.61 Å². The quantitative estimate of drug-likeness (QED) is 0.710. The van der Waals surface area contributed by atoms with Crippen LogP contribution < -0.4 is 4.74 Å². The van der Waals surface area contributed by atoms with Crippen molar-refractivity contribution >= 4 is 5.91 Å². The molecule has 0 atom stereocenters. The molecule has 2 aromatic heterocycles. The number of carbonyl (C=O) groups is 1. The topological polar surface area (TPSA) is 68.5 Å². The van der Waals surface area contributed by atoms with Gasteiger partial charge in [-0.3, -0.25) is 4.79 Å². The number of aromatic nitrogens is 2. The van der Waals surface area contributed by atoms with Crippen LogP contribution in [0.25, 0.3) is 11.3 Å². The minimum Gasteiger partial charge on any atom is -0.482 e. The van der Waals surface area contributed by atoms with Crippen molar-refractivity contribution in [2.24, 2.45) is 0 Å². The molecule has 0 saturated carbocycles. The Morgan fingerprint density at radius 1 is 1.15 bits per heavy atom. The second-order valence-electron chi connectivity index (χ2n) is 6.51. The van der Waals surface area contributed by atoms with Gasteiger partial charge in [0.05, 0.1) is 23.5 Å². The Morgan fingerprint density at radius 3 is 2.63 bits per heavy atom. The fourth-order valence-corrected chi connectivity index (χ4v) is 3.18. The van der Waals surface area contributed by atoms with Crippen LogP contribution in [0.3, 0.4) is 0 Å². The van der Waals surface area contributed by atoms with E-state index in [9.17, 15) is 9.18 Å². The number of nitrogens with zero attached hydrogens (tertiary/aromatic N) is 3. The Kier molecular flexibility index (Phi) is 4.35. The number of aryl methyl sites for hydroxylation is 2. The second kappa shape index (κ2) is 6.83. The summed E-state index contributed by atoms with van der Waals surface area (Å²) in [6.07, 6.45) is 0. The molecule has 1 aliphatic heterocycles. The van der Waals surface area contributed by atoms with Crippen LogP contribution in [0.15, 0.2) is 40.9 Å². The van der Waals surface area contributed by atoms with E-state index in [1.165, 1.54) is 12.1 Å². The molecule has 6 nitrogen and oxygen atoms in total. The average Bonchev–Trinajstić information content (AvgIpc) is 2.91. The van der Waals surface area contributed by atoms with Crippen LogP contribution in [0.1, 0.15) is 22.7 Å². The highest BCUT2D eigenvalue weighted by atomic mass is 19.1. The number of pyridine rings is 1. The number of hydrogen-bond donors (Lipinski definition) is 0. The van der Waals surface area contributed by atoms with Crippen molar-refractivity contribution in [3.63, 3.8) is 0 Å². The molecule has 0 aliphatic carbocycles. The molecule has 138 valence electrons. The van der Waals surface area contributed by atoms with Gasteiger partial charge in [-0.1, -0.05) is 17.3 Å². The number of benzene rings is 1. The molecule has 7 heteroatoms. The normalized spacial score (nSPS) is 13.9. The summed E-state index contributed by atoms with van der Waals surface area (Å²) in [6, 6.07) is 9.77. The Labute approximate surface area is 155 Å². The van der Waals surface area contributed by atoms with E-state index in [-0.39, 0.29) is 18.3 Å². The van der Waals surface area contributed by atoms with Crippen LogP contribution in [0.2, 0.25) is 0 Å². The largest absolute Gasteiger partial charge is 0.482 e. The number of ether oxygens (including phenoxy) is 1. The van der Waals surface area contributed by atoms with Gasteiger partial charge in [0.1, 0.15) is 23.0 Å². The van der Waals surface area contributed by atoms with E-state index in [0.717, 1.165) is 22.5 Å². The SMILES string of the molecule is Cc1noc(C)c1-c1ccc2c(n1)CN(Cc1ccc(F)cc1)C(=O)CO2. The summed E-state index contributed by atoms with van der Waals surface area (Å²) >= 11 is 0. The molecule has 1 aliphatic rings. The third-order valence-electron chi connectivity index (χ3n) is 4.55. The molecule has 1 amide bonds. The predicted molar refractivity (Wildman–Crippen MR) is 95.4 cm³/mol. The van der Waals surface area contributed by atoms with Crippen LogP contribution in [-0.2, 0) is 17.9 Å². The Morgan fingerprint density at radius 2 is 1.93 bits per heavy atom. The summed E-state index contributed by atoms with van der Waals surface area (Å²) in [5.41, 5.74) is 3.84. The van der Waals surface area contributed by atoms with Crippen LogP contribution in [0.5, 0.6) is 5.75 Å². The summed E-state index contributed by atoms with van der Waals surface area (Å²) in [4.78, 5) is 18.8. The van der Waals surface area contributed by atoms with Crippen molar-refractivity contribution in [2.45, 2.75) is 26.9 Å². The lowest BCUT2D eigenvalue weighted by molar-refractivity contribution is -0.133. The Balaban J connectivity index is 1.65. The molecule has 1 aromatic carbocycles. The highest BCUT2D eigenvalue weighted by Crippen LogP contribution is 2.30. The average molecular weight is 367 g/mol. The van der Waals surface area contributed by atoms with Gasteiger partial charge < -0.3 is 14.2 Å². The molecule has 3 aromatic rings. The minimum absolute atomic E-state index is 0.0550. The third kappa shape index (κ3) is 3.40. The van der Waals surface area contributed by atoms with Crippen LogP contribution >= 0.6 is 0 Å². The molecule has 0 fully saturated rings. The van der Waals surface area contributed by atoms with E-state index in [1.807, 2.05) is 26.0 Å². The number of hydrogen-bond acceptors (Lipinski definition) is 5. The van der Waals surface area contributed by atoms with Gasteiger partial charge in [0, 0.05) is 6.54 Å². The highest BCUT2D eigenvalue weighted by molar-refractivity contribution is 5.78. The molecule has 4 rings (SSSR count). The Bertz CT molecular complexity index is 979. The Hall–Kier alpha value is -3.22. The first-order chi connectivity index (χ1) is 13.0. The minimum atomic E-state index is -0.305. The molecule has 0 spiro atoms.